The van der Waals surface area contributed by atoms with E-state index in [-0.39, 0.29) is 24.4 Å². The van der Waals surface area contributed by atoms with Crippen LogP contribution in [0.1, 0.15) is 19.8 Å². The second-order valence-electron chi connectivity index (χ2n) is 6.88. The van der Waals surface area contributed by atoms with E-state index in [0.717, 1.165) is 5.75 Å². The van der Waals surface area contributed by atoms with E-state index in [1.807, 2.05) is 6.92 Å². The van der Waals surface area contributed by atoms with Gasteiger partial charge in [-0.15, -0.1) is 0 Å². The van der Waals surface area contributed by atoms with E-state index in [1.165, 1.54) is 22.7 Å². The maximum atomic E-state index is 12.5. The first kappa shape index (κ1) is 21.5. The molecule has 152 valence electrons. The number of hydrogen-bond donors (Lipinski definition) is 1. The second-order valence-corrected chi connectivity index (χ2v) is 9.03. The van der Waals surface area contributed by atoms with Crippen LogP contribution in [0, 0.1) is 5.92 Å². The first-order valence-corrected chi connectivity index (χ1v) is 10.4. The number of piperidine rings is 1. The summed E-state index contributed by atoms with van der Waals surface area (Å²) in [6.07, 6.45) is 1.35. The van der Waals surface area contributed by atoms with Crippen molar-refractivity contribution in [3.8, 4) is 11.5 Å². The number of methoxy groups -OCH3 is 1. The first-order valence-electron chi connectivity index (χ1n) is 8.99. The van der Waals surface area contributed by atoms with E-state index in [2.05, 4.69) is 5.32 Å². The SMILES string of the molecule is COc1ccc(OC[C@@H](C)NC(=O)[C@H]2CCCN(S(=O)(=O)N(C)C)C2)cc1. The topological polar surface area (TPSA) is 88.2 Å². The highest BCUT2D eigenvalue weighted by Gasteiger charge is 2.33. The number of benzene rings is 1. The third-order valence-corrected chi connectivity index (χ3v) is 6.40. The Bertz CT molecular complexity index is 721. The molecule has 0 bridgehead atoms. The monoisotopic (exact) mass is 399 g/mol. The maximum Gasteiger partial charge on any atom is 0.281 e. The second kappa shape index (κ2) is 9.38. The van der Waals surface area contributed by atoms with Crippen molar-refractivity contribution in [1.82, 2.24) is 13.9 Å². The largest absolute Gasteiger partial charge is 0.497 e. The number of nitrogens with one attached hydrogen (secondary N) is 1. The third kappa shape index (κ3) is 5.82. The minimum atomic E-state index is -3.50. The fourth-order valence-electron chi connectivity index (χ4n) is 2.89. The Hall–Kier alpha value is -1.84. The predicted octanol–water partition coefficient (Wildman–Crippen LogP) is 1.10. The molecule has 1 aromatic carbocycles. The number of carbonyl (C=O) groups excluding carboxylic acids is 1. The molecular formula is C18H29N3O5S. The minimum Gasteiger partial charge on any atom is -0.497 e. The summed E-state index contributed by atoms with van der Waals surface area (Å²) in [7, 11) is 1.10. The Morgan fingerprint density at radius 2 is 1.93 bits per heavy atom. The molecule has 0 aromatic heterocycles. The average Bonchev–Trinajstić information content (AvgIpc) is 2.66. The Morgan fingerprint density at radius 3 is 2.52 bits per heavy atom. The summed E-state index contributed by atoms with van der Waals surface area (Å²) in [6.45, 7) is 2.84. The van der Waals surface area contributed by atoms with E-state index < -0.39 is 10.2 Å². The molecule has 1 heterocycles. The van der Waals surface area contributed by atoms with E-state index in [9.17, 15) is 13.2 Å². The van der Waals surface area contributed by atoms with Crippen LogP contribution in [-0.4, -0.2) is 69.9 Å². The van der Waals surface area contributed by atoms with Gasteiger partial charge in [-0.1, -0.05) is 0 Å². The minimum absolute atomic E-state index is 0.139. The van der Waals surface area contributed by atoms with Gasteiger partial charge in [0, 0.05) is 27.2 Å². The van der Waals surface area contributed by atoms with Crippen LogP contribution >= 0.6 is 0 Å². The van der Waals surface area contributed by atoms with Crippen molar-refractivity contribution in [2.45, 2.75) is 25.8 Å². The van der Waals surface area contributed by atoms with Gasteiger partial charge in [0.2, 0.25) is 5.91 Å². The standard InChI is InChI=1S/C18H29N3O5S/c1-14(13-26-17-9-7-16(25-4)8-10-17)19-18(22)15-6-5-11-21(12-15)27(23,24)20(2)3/h7-10,14-15H,5-6,11-13H2,1-4H3,(H,19,22)/t14-,15+/m1/s1. The summed E-state index contributed by atoms with van der Waals surface area (Å²) < 4.78 is 37.9. The van der Waals surface area contributed by atoms with Crippen LogP contribution in [0.2, 0.25) is 0 Å². The highest BCUT2D eigenvalue weighted by molar-refractivity contribution is 7.86. The quantitative estimate of drug-likeness (QED) is 0.707. The first-order chi connectivity index (χ1) is 12.7. The molecule has 1 aliphatic rings. The molecule has 27 heavy (non-hydrogen) atoms. The van der Waals surface area contributed by atoms with Gasteiger partial charge in [-0.2, -0.15) is 17.0 Å². The molecule has 2 rings (SSSR count). The van der Waals surface area contributed by atoms with Crippen LogP contribution in [0.3, 0.4) is 0 Å². The number of ether oxygens (including phenoxy) is 2. The fourth-order valence-corrected chi connectivity index (χ4v) is 4.08. The Labute approximate surface area is 161 Å². The van der Waals surface area contributed by atoms with Gasteiger partial charge in [0.1, 0.15) is 18.1 Å². The van der Waals surface area contributed by atoms with Crippen LogP contribution in [0.15, 0.2) is 24.3 Å². The molecule has 0 spiro atoms. The molecule has 1 saturated heterocycles. The van der Waals surface area contributed by atoms with Gasteiger partial charge in [0.15, 0.2) is 0 Å². The summed E-state index contributed by atoms with van der Waals surface area (Å²) in [5.74, 6) is 0.951. The van der Waals surface area contributed by atoms with Gasteiger partial charge in [-0.25, -0.2) is 0 Å². The van der Waals surface area contributed by atoms with Crippen molar-refractivity contribution in [1.29, 1.82) is 0 Å². The summed E-state index contributed by atoms with van der Waals surface area (Å²) in [4.78, 5) is 12.5. The molecule has 0 unspecified atom stereocenters. The van der Waals surface area contributed by atoms with Gasteiger partial charge in [0.05, 0.1) is 19.1 Å². The van der Waals surface area contributed by atoms with E-state index in [1.54, 1.807) is 31.4 Å². The number of carbonyl (C=O) groups is 1. The molecule has 1 fully saturated rings. The average molecular weight is 400 g/mol. The van der Waals surface area contributed by atoms with E-state index in [4.69, 9.17) is 9.47 Å². The molecule has 9 heteroatoms. The Morgan fingerprint density at radius 1 is 1.30 bits per heavy atom. The summed E-state index contributed by atoms with van der Waals surface area (Å²) in [6, 6.07) is 7.03. The van der Waals surface area contributed by atoms with Crippen LogP contribution in [-0.2, 0) is 15.0 Å². The number of nitrogens with zero attached hydrogens (tertiary/aromatic N) is 2. The molecule has 1 aliphatic heterocycles. The van der Waals surface area contributed by atoms with Crippen LogP contribution in [0.25, 0.3) is 0 Å². The lowest BCUT2D eigenvalue weighted by Crippen LogP contribution is -2.50. The highest BCUT2D eigenvalue weighted by atomic mass is 32.2. The van der Waals surface area contributed by atoms with Crippen molar-refractivity contribution in [3.63, 3.8) is 0 Å². The smallest absolute Gasteiger partial charge is 0.281 e. The fraction of sp³-hybridized carbons (Fsp3) is 0.611. The lowest BCUT2D eigenvalue weighted by Gasteiger charge is -2.33. The van der Waals surface area contributed by atoms with Gasteiger partial charge >= 0.3 is 0 Å². The number of rotatable bonds is 8. The Balaban J connectivity index is 1.84. The predicted molar refractivity (Wildman–Crippen MR) is 103 cm³/mol. The number of hydrogen-bond acceptors (Lipinski definition) is 5. The summed E-state index contributed by atoms with van der Waals surface area (Å²) in [5, 5.41) is 2.92. The molecule has 1 N–H and O–H groups in total. The van der Waals surface area contributed by atoms with Crippen LogP contribution in [0.4, 0.5) is 0 Å². The zero-order chi connectivity index (χ0) is 20.0. The van der Waals surface area contributed by atoms with E-state index in [0.29, 0.717) is 31.7 Å². The molecule has 1 aromatic rings. The lowest BCUT2D eigenvalue weighted by atomic mass is 9.98. The zero-order valence-electron chi connectivity index (χ0n) is 16.3. The van der Waals surface area contributed by atoms with Crippen LogP contribution in [0.5, 0.6) is 11.5 Å². The van der Waals surface area contributed by atoms with Gasteiger partial charge in [-0.05, 0) is 44.0 Å². The Kier molecular flexibility index (Phi) is 7.46. The van der Waals surface area contributed by atoms with E-state index >= 15 is 0 Å². The molecule has 0 saturated carbocycles. The molecule has 8 nitrogen and oxygen atoms in total. The molecular weight excluding hydrogens is 370 g/mol. The van der Waals surface area contributed by atoms with Crippen molar-refractivity contribution >= 4 is 16.1 Å². The normalized spacial score (nSPS) is 19.5. The maximum absolute atomic E-state index is 12.5. The van der Waals surface area contributed by atoms with Gasteiger partial charge in [-0.3, -0.25) is 4.79 Å². The number of amides is 1. The van der Waals surface area contributed by atoms with Crippen molar-refractivity contribution in [3.05, 3.63) is 24.3 Å². The van der Waals surface area contributed by atoms with Gasteiger partial charge in [0.25, 0.3) is 10.2 Å². The highest BCUT2D eigenvalue weighted by Crippen LogP contribution is 2.21. The molecule has 2 atom stereocenters. The zero-order valence-corrected chi connectivity index (χ0v) is 17.2. The third-order valence-electron chi connectivity index (χ3n) is 4.49. The van der Waals surface area contributed by atoms with Crippen molar-refractivity contribution < 1.29 is 22.7 Å². The van der Waals surface area contributed by atoms with Crippen molar-refractivity contribution in [2.24, 2.45) is 5.92 Å². The van der Waals surface area contributed by atoms with Crippen molar-refractivity contribution in [2.75, 3.05) is 40.9 Å². The summed E-state index contributed by atoms with van der Waals surface area (Å²) >= 11 is 0. The molecule has 1 amide bonds. The summed E-state index contributed by atoms with van der Waals surface area (Å²) in [5.41, 5.74) is 0. The lowest BCUT2D eigenvalue weighted by molar-refractivity contribution is -0.126. The molecule has 0 radical (unpaired) electrons. The molecule has 0 aliphatic carbocycles. The van der Waals surface area contributed by atoms with Gasteiger partial charge < -0.3 is 14.8 Å². The van der Waals surface area contributed by atoms with Crippen LogP contribution < -0.4 is 14.8 Å².